The first-order chi connectivity index (χ1) is 9.84. The van der Waals surface area contributed by atoms with Gasteiger partial charge in [-0.3, -0.25) is 4.98 Å². The fourth-order valence-corrected chi connectivity index (χ4v) is 2.39. The summed E-state index contributed by atoms with van der Waals surface area (Å²) in [4.78, 5) is 4.28. The van der Waals surface area contributed by atoms with Gasteiger partial charge in [0.05, 0.1) is 28.4 Å². The minimum Gasteiger partial charge on any atom is -0.399 e. The molecule has 0 saturated carbocycles. The van der Waals surface area contributed by atoms with E-state index in [9.17, 15) is 5.26 Å². The molecule has 0 spiro atoms. The molecular formula is C16H17BN2O2. The molecule has 1 aliphatic heterocycles. The maximum absolute atomic E-state index is 9.22. The van der Waals surface area contributed by atoms with Gasteiger partial charge in [-0.25, -0.2) is 0 Å². The summed E-state index contributed by atoms with van der Waals surface area (Å²) in [6.07, 6.45) is 1.65. The predicted molar refractivity (Wildman–Crippen MR) is 82.2 cm³/mol. The van der Waals surface area contributed by atoms with Crippen molar-refractivity contribution in [3.63, 3.8) is 0 Å². The Morgan fingerprint density at radius 1 is 1.10 bits per heavy atom. The molecular weight excluding hydrogens is 263 g/mol. The molecule has 4 nitrogen and oxygen atoms in total. The van der Waals surface area contributed by atoms with Crippen molar-refractivity contribution in [3.05, 3.63) is 36.0 Å². The maximum atomic E-state index is 9.22. The monoisotopic (exact) mass is 280 g/mol. The van der Waals surface area contributed by atoms with Crippen LogP contribution in [0.1, 0.15) is 33.3 Å². The Hall–Kier alpha value is -1.90. The van der Waals surface area contributed by atoms with Crippen LogP contribution < -0.4 is 5.46 Å². The predicted octanol–water partition coefficient (Wildman–Crippen LogP) is 2.41. The Labute approximate surface area is 124 Å². The van der Waals surface area contributed by atoms with Crippen LogP contribution in [0.3, 0.4) is 0 Å². The Balaban J connectivity index is 2.05. The van der Waals surface area contributed by atoms with E-state index in [1.807, 2.05) is 45.9 Å². The molecule has 1 aliphatic rings. The van der Waals surface area contributed by atoms with Crippen LogP contribution in [-0.4, -0.2) is 23.3 Å². The van der Waals surface area contributed by atoms with E-state index in [0.717, 1.165) is 16.4 Å². The number of fused-ring (bicyclic) bond motifs is 1. The van der Waals surface area contributed by atoms with Gasteiger partial charge in [-0.05, 0) is 45.3 Å². The summed E-state index contributed by atoms with van der Waals surface area (Å²) in [5.74, 6) is 0. The normalized spacial score (nSPS) is 19.7. The fourth-order valence-electron chi connectivity index (χ4n) is 2.39. The van der Waals surface area contributed by atoms with Gasteiger partial charge < -0.3 is 9.31 Å². The van der Waals surface area contributed by atoms with E-state index in [-0.39, 0.29) is 11.2 Å². The highest BCUT2D eigenvalue weighted by molar-refractivity contribution is 6.62. The number of aromatic nitrogens is 1. The third-order valence-corrected chi connectivity index (χ3v) is 4.41. The smallest absolute Gasteiger partial charge is 0.399 e. The van der Waals surface area contributed by atoms with Crippen LogP contribution in [0.15, 0.2) is 30.5 Å². The van der Waals surface area contributed by atoms with Crippen molar-refractivity contribution in [2.45, 2.75) is 38.9 Å². The van der Waals surface area contributed by atoms with Gasteiger partial charge in [-0.2, -0.15) is 5.26 Å². The number of nitriles is 1. The highest BCUT2D eigenvalue weighted by Gasteiger charge is 2.51. The molecule has 1 aromatic heterocycles. The van der Waals surface area contributed by atoms with Crippen molar-refractivity contribution in [2.24, 2.45) is 0 Å². The third-order valence-electron chi connectivity index (χ3n) is 4.41. The second-order valence-electron chi connectivity index (χ2n) is 6.34. The van der Waals surface area contributed by atoms with Gasteiger partial charge in [0.25, 0.3) is 0 Å². The molecule has 0 unspecified atom stereocenters. The maximum Gasteiger partial charge on any atom is 0.494 e. The van der Waals surface area contributed by atoms with E-state index in [2.05, 4.69) is 11.1 Å². The van der Waals surface area contributed by atoms with Crippen LogP contribution in [0.2, 0.25) is 0 Å². The average Bonchev–Trinajstić information content (AvgIpc) is 2.66. The number of pyridine rings is 1. The molecule has 0 radical (unpaired) electrons. The molecule has 106 valence electrons. The largest absolute Gasteiger partial charge is 0.494 e. The van der Waals surface area contributed by atoms with Gasteiger partial charge in [0.15, 0.2) is 0 Å². The highest BCUT2D eigenvalue weighted by Crippen LogP contribution is 2.36. The lowest BCUT2D eigenvalue weighted by Crippen LogP contribution is -2.41. The lowest BCUT2D eigenvalue weighted by Gasteiger charge is -2.32. The van der Waals surface area contributed by atoms with Gasteiger partial charge in [-0.1, -0.05) is 12.1 Å². The first-order valence-electron chi connectivity index (χ1n) is 6.98. The number of benzene rings is 1. The molecule has 2 heterocycles. The molecule has 0 aliphatic carbocycles. The first kappa shape index (κ1) is 14.1. The van der Waals surface area contributed by atoms with Crippen LogP contribution in [0.25, 0.3) is 10.9 Å². The second-order valence-corrected chi connectivity index (χ2v) is 6.34. The first-order valence-corrected chi connectivity index (χ1v) is 6.98. The molecule has 21 heavy (non-hydrogen) atoms. The molecule has 0 bridgehead atoms. The quantitative estimate of drug-likeness (QED) is 0.753. The van der Waals surface area contributed by atoms with E-state index in [1.54, 1.807) is 12.3 Å². The van der Waals surface area contributed by atoms with Crippen molar-refractivity contribution >= 4 is 23.5 Å². The van der Waals surface area contributed by atoms with Crippen molar-refractivity contribution in [2.75, 3.05) is 0 Å². The molecule has 1 fully saturated rings. The summed E-state index contributed by atoms with van der Waals surface area (Å²) in [6, 6.07) is 9.69. The van der Waals surface area contributed by atoms with E-state index in [0.29, 0.717) is 5.56 Å². The Kier molecular flexibility index (Phi) is 3.05. The molecule has 0 N–H and O–H groups in total. The topological polar surface area (TPSA) is 55.1 Å². The summed E-state index contributed by atoms with van der Waals surface area (Å²) in [5, 5.41) is 10.0. The molecule has 1 saturated heterocycles. The number of hydrogen-bond donors (Lipinski definition) is 0. The molecule has 3 rings (SSSR count). The van der Waals surface area contributed by atoms with E-state index < -0.39 is 7.12 Å². The van der Waals surface area contributed by atoms with Crippen LogP contribution in [0, 0.1) is 11.3 Å². The standard InChI is InChI=1S/C16H17BN2O2/c1-15(2)16(3,4)21-17(20-15)12-5-6-14-13(9-12)11(10-18)7-8-19-14/h5-9H,1-4H3. The highest BCUT2D eigenvalue weighted by atomic mass is 16.7. The minimum atomic E-state index is -0.425. The Morgan fingerprint density at radius 3 is 2.38 bits per heavy atom. The zero-order valence-corrected chi connectivity index (χ0v) is 12.7. The van der Waals surface area contributed by atoms with Crippen LogP contribution in [0.5, 0.6) is 0 Å². The summed E-state index contributed by atoms with van der Waals surface area (Å²) < 4.78 is 12.1. The average molecular weight is 280 g/mol. The third kappa shape index (κ3) is 2.21. The minimum absolute atomic E-state index is 0.375. The van der Waals surface area contributed by atoms with E-state index in [1.165, 1.54) is 0 Å². The second kappa shape index (κ2) is 4.55. The summed E-state index contributed by atoms with van der Waals surface area (Å²) in [6.45, 7) is 8.10. The Bertz CT molecular complexity index is 734. The van der Waals surface area contributed by atoms with Gasteiger partial charge in [0.2, 0.25) is 0 Å². The summed E-state index contributed by atoms with van der Waals surface area (Å²) >= 11 is 0. The van der Waals surface area contributed by atoms with Gasteiger partial charge in [0, 0.05) is 11.6 Å². The fraction of sp³-hybridized carbons (Fsp3) is 0.375. The number of hydrogen-bond acceptors (Lipinski definition) is 4. The molecule has 0 atom stereocenters. The van der Waals surface area contributed by atoms with Gasteiger partial charge in [-0.15, -0.1) is 0 Å². The zero-order valence-electron chi connectivity index (χ0n) is 12.7. The van der Waals surface area contributed by atoms with E-state index >= 15 is 0 Å². The van der Waals surface area contributed by atoms with Crippen molar-refractivity contribution in [1.29, 1.82) is 5.26 Å². The molecule has 2 aromatic rings. The van der Waals surface area contributed by atoms with Crippen molar-refractivity contribution in [1.82, 2.24) is 4.98 Å². The van der Waals surface area contributed by atoms with Crippen molar-refractivity contribution < 1.29 is 9.31 Å². The molecule has 0 amide bonds. The summed E-state index contributed by atoms with van der Waals surface area (Å²) in [7, 11) is -0.425. The van der Waals surface area contributed by atoms with Crippen molar-refractivity contribution in [3.8, 4) is 6.07 Å². The molecule has 1 aromatic carbocycles. The zero-order chi connectivity index (χ0) is 15.3. The number of rotatable bonds is 1. The summed E-state index contributed by atoms with van der Waals surface area (Å²) in [5.41, 5.74) is 1.57. The van der Waals surface area contributed by atoms with Gasteiger partial charge >= 0.3 is 7.12 Å². The number of nitrogens with zero attached hydrogens (tertiary/aromatic N) is 2. The molecule has 5 heteroatoms. The lowest BCUT2D eigenvalue weighted by molar-refractivity contribution is 0.00578. The van der Waals surface area contributed by atoms with Crippen LogP contribution in [-0.2, 0) is 9.31 Å². The lowest BCUT2D eigenvalue weighted by atomic mass is 9.78. The Morgan fingerprint density at radius 2 is 1.76 bits per heavy atom. The van der Waals surface area contributed by atoms with Crippen LogP contribution >= 0.6 is 0 Å². The van der Waals surface area contributed by atoms with Gasteiger partial charge in [0.1, 0.15) is 0 Å². The SMILES string of the molecule is CC1(C)OB(c2ccc3nccc(C#N)c3c2)OC1(C)C. The van der Waals surface area contributed by atoms with E-state index in [4.69, 9.17) is 9.31 Å². The van der Waals surface area contributed by atoms with Crippen LogP contribution in [0.4, 0.5) is 0 Å².